The van der Waals surface area contributed by atoms with Crippen LogP contribution < -0.4 is 10.6 Å². The quantitative estimate of drug-likeness (QED) is 0.659. The predicted octanol–water partition coefficient (Wildman–Crippen LogP) is 4.03. The van der Waals surface area contributed by atoms with Crippen LogP contribution in [-0.4, -0.2) is 15.9 Å². The maximum atomic E-state index is 12.1. The third-order valence-corrected chi connectivity index (χ3v) is 4.05. The van der Waals surface area contributed by atoms with Crippen LogP contribution in [0, 0.1) is 0 Å². The molecule has 2 N–H and O–H groups in total. The van der Waals surface area contributed by atoms with Crippen molar-refractivity contribution in [3.8, 4) is 0 Å². The zero-order valence-electron chi connectivity index (χ0n) is 13.4. The minimum Gasteiger partial charge on any atom is -0.366 e. The highest BCUT2D eigenvalue weighted by atomic mass is 79.9. The van der Waals surface area contributed by atoms with E-state index >= 15 is 0 Å². The number of halogens is 1. The zero-order valence-corrected chi connectivity index (χ0v) is 15.0. The molecule has 0 saturated heterocycles. The van der Waals surface area contributed by atoms with Crippen molar-refractivity contribution in [3.05, 3.63) is 82.7 Å². The van der Waals surface area contributed by atoms with Crippen molar-refractivity contribution in [2.45, 2.75) is 13.0 Å². The van der Waals surface area contributed by atoms with Gasteiger partial charge in [0.15, 0.2) is 0 Å². The predicted molar refractivity (Wildman–Crippen MR) is 102 cm³/mol. The number of carbonyl (C=O) groups is 1. The van der Waals surface area contributed by atoms with Gasteiger partial charge in [0.1, 0.15) is 5.82 Å². The first-order valence-corrected chi connectivity index (χ1v) is 8.61. The molecular formula is C19H17BrN4O. The van der Waals surface area contributed by atoms with Crippen LogP contribution in [0.5, 0.6) is 0 Å². The lowest BCUT2D eigenvalue weighted by atomic mass is 10.1. The fourth-order valence-electron chi connectivity index (χ4n) is 2.26. The standard InChI is InChI=1S/C19H17BrN4O/c20-16-5-3-14(4-6-16)10-19(25)24-17-7-8-18(23-13-17)22-12-15-2-1-9-21-11-15/h1-9,11,13H,10,12H2,(H,22,23)(H,24,25). The van der Waals surface area contributed by atoms with Crippen LogP contribution in [0.4, 0.5) is 11.5 Å². The van der Waals surface area contributed by atoms with Crippen LogP contribution in [0.3, 0.4) is 0 Å². The highest BCUT2D eigenvalue weighted by molar-refractivity contribution is 9.10. The Morgan fingerprint density at radius 3 is 2.52 bits per heavy atom. The lowest BCUT2D eigenvalue weighted by Gasteiger charge is -2.08. The number of nitrogens with one attached hydrogen (secondary N) is 2. The summed E-state index contributed by atoms with van der Waals surface area (Å²) in [5.74, 6) is 0.676. The molecule has 0 spiro atoms. The van der Waals surface area contributed by atoms with Gasteiger partial charge in [0.2, 0.25) is 5.91 Å². The van der Waals surface area contributed by atoms with Gasteiger partial charge < -0.3 is 10.6 Å². The lowest BCUT2D eigenvalue weighted by molar-refractivity contribution is -0.115. The van der Waals surface area contributed by atoms with Crippen molar-refractivity contribution in [2.24, 2.45) is 0 Å². The van der Waals surface area contributed by atoms with Gasteiger partial charge in [0, 0.05) is 23.4 Å². The summed E-state index contributed by atoms with van der Waals surface area (Å²) in [5, 5.41) is 6.07. The molecular weight excluding hydrogens is 380 g/mol. The Kier molecular flexibility index (Phi) is 5.74. The Morgan fingerprint density at radius 1 is 1.00 bits per heavy atom. The summed E-state index contributed by atoms with van der Waals surface area (Å²) in [7, 11) is 0. The van der Waals surface area contributed by atoms with Crippen LogP contribution in [0.15, 0.2) is 71.6 Å². The van der Waals surface area contributed by atoms with E-state index in [4.69, 9.17) is 0 Å². The van der Waals surface area contributed by atoms with Crippen LogP contribution in [0.1, 0.15) is 11.1 Å². The number of rotatable bonds is 6. The summed E-state index contributed by atoms with van der Waals surface area (Å²) >= 11 is 3.38. The highest BCUT2D eigenvalue weighted by Crippen LogP contribution is 2.13. The van der Waals surface area contributed by atoms with Crippen molar-refractivity contribution in [3.63, 3.8) is 0 Å². The maximum absolute atomic E-state index is 12.1. The topological polar surface area (TPSA) is 66.9 Å². The van der Waals surface area contributed by atoms with Crippen LogP contribution >= 0.6 is 15.9 Å². The van der Waals surface area contributed by atoms with Crippen LogP contribution in [-0.2, 0) is 17.8 Å². The normalized spacial score (nSPS) is 10.3. The molecule has 0 radical (unpaired) electrons. The summed E-state index contributed by atoms with van der Waals surface area (Å²) in [6.07, 6.45) is 5.52. The number of hydrogen-bond acceptors (Lipinski definition) is 4. The molecule has 3 aromatic rings. The second-order valence-electron chi connectivity index (χ2n) is 5.50. The van der Waals surface area contributed by atoms with Crippen molar-refractivity contribution in [2.75, 3.05) is 10.6 Å². The van der Waals surface area contributed by atoms with Gasteiger partial charge in [-0.15, -0.1) is 0 Å². The van der Waals surface area contributed by atoms with Crippen LogP contribution in [0.25, 0.3) is 0 Å². The first kappa shape index (κ1) is 17.1. The van der Waals surface area contributed by atoms with Gasteiger partial charge in [-0.25, -0.2) is 4.98 Å². The number of benzene rings is 1. The van der Waals surface area contributed by atoms with Crippen molar-refractivity contribution < 1.29 is 4.79 Å². The van der Waals surface area contributed by atoms with E-state index in [2.05, 4.69) is 36.5 Å². The van der Waals surface area contributed by atoms with E-state index in [0.717, 1.165) is 21.4 Å². The smallest absolute Gasteiger partial charge is 0.228 e. The highest BCUT2D eigenvalue weighted by Gasteiger charge is 2.05. The van der Waals surface area contributed by atoms with Gasteiger partial charge in [0.05, 0.1) is 18.3 Å². The molecule has 0 aliphatic rings. The molecule has 0 aliphatic carbocycles. The number of carbonyl (C=O) groups excluding carboxylic acids is 1. The van der Waals surface area contributed by atoms with E-state index in [9.17, 15) is 4.79 Å². The molecule has 1 amide bonds. The van der Waals surface area contributed by atoms with Crippen molar-refractivity contribution >= 4 is 33.3 Å². The minimum absolute atomic E-state index is 0.0693. The summed E-state index contributed by atoms with van der Waals surface area (Å²) < 4.78 is 0.996. The Morgan fingerprint density at radius 2 is 1.84 bits per heavy atom. The van der Waals surface area contributed by atoms with Gasteiger partial charge in [-0.1, -0.05) is 34.1 Å². The summed E-state index contributed by atoms with van der Waals surface area (Å²) in [4.78, 5) is 20.5. The second-order valence-corrected chi connectivity index (χ2v) is 6.41. The minimum atomic E-state index is -0.0693. The van der Waals surface area contributed by atoms with Gasteiger partial charge in [0.25, 0.3) is 0 Å². The molecule has 0 bridgehead atoms. The SMILES string of the molecule is O=C(Cc1ccc(Br)cc1)Nc1ccc(NCc2cccnc2)nc1. The summed E-state index contributed by atoms with van der Waals surface area (Å²) in [6, 6.07) is 15.3. The molecule has 1 aromatic carbocycles. The number of anilines is 2. The van der Waals surface area contributed by atoms with Gasteiger partial charge in [-0.3, -0.25) is 9.78 Å². The molecule has 0 aliphatic heterocycles. The number of aromatic nitrogens is 2. The van der Waals surface area contributed by atoms with Gasteiger partial charge in [-0.05, 0) is 41.5 Å². The fraction of sp³-hybridized carbons (Fsp3) is 0.105. The van der Waals surface area contributed by atoms with E-state index in [1.807, 2.05) is 54.7 Å². The van der Waals surface area contributed by atoms with E-state index in [1.54, 1.807) is 12.4 Å². The van der Waals surface area contributed by atoms with Gasteiger partial charge >= 0.3 is 0 Å². The zero-order chi connectivity index (χ0) is 17.5. The summed E-state index contributed by atoms with van der Waals surface area (Å²) in [6.45, 7) is 0.649. The fourth-order valence-corrected chi connectivity index (χ4v) is 2.52. The first-order valence-electron chi connectivity index (χ1n) is 7.82. The molecule has 5 nitrogen and oxygen atoms in total. The van der Waals surface area contributed by atoms with E-state index in [1.165, 1.54) is 0 Å². The molecule has 0 atom stereocenters. The number of hydrogen-bond donors (Lipinski definition) is 2. The first-order chi connectivity index (χ1) is 12.2. The average molecular weight is 397 g/mol. The Balaban J connectivity index is 1.51. The van der Waals surface area contributed by atoms with Crippen molar-refractivity contribution in [1.82, 2.24) is 9.97 Å². The largest absolute Gasteiger partial charge is 0.366 e. The molecule has 0 saturated carbocycles. The third kappa shape index (κ3) is 5.39. The lowest BCUT2D eigenvalue weighted by Crippen LogP contribution is -2.14. The average Bonchev–Trinajstić information content (AvgIpc) is 2.64. The molecule has 6 heteroatoms. The van der Waals surface area contributed by atoms with Crippen molar-refractivity contribution in [1.29, 1.82) is 0 Å². The Hall–Kier alpha value is -2.73. The van der Waals surface area contributed by atoms with E-state index in [-0.39, 0.29) is 5.91 Å². The molecule has 0 fully saturated rings. The number of nitrogens with zero attached hydrogens (tertiary/aromatic N) is 2. The number of amides is 1. The molecule has 0 unspecified atom stereocenters. The molecule has 2 aromatic heterocycles. The Labute approximate surface area is 154 Å². The van der Waals surface area contributed by atoms with E-state index < -0.39 is 0 Å². The van der Waals surface area contributed by atoms with Gasteiger partial charge in [-0.2, -0.15) is 0 Å². The molecule has 2 heterocycles. The van der Waals surface area contributed by atoms with E-state index in [0.29, 0.717) is 18.7 Å². The monoisotopic (exact) mass is 396 g/mol. The molecule has 25 heavy (non-hydrogen) atoms. The second kappa shape index (κ2) is 8.39. The number of pyridine rings is 2. The summed E-state index contributed by atoms with van der Waals surface area (Å²) in [5.41, 5.74) is 2.72. The third-order valence-electron chi connectivity index (χ3n) is 3.52. The molecule has 3 rings (SSSR count). The van der Waals surface area contributed by atoms with Crippen LogP contribution in [0.2, 0.25) is 0 Å². The maximum Gasteiger partial charge on any atom is 0.228 e. The Bertz CT molecular complexity index is 820. The molecule has 126 valence electrons.